The number of aromatic amines is 1. The van der Waals surface area contributed by atoms with E-state index in [4.69, 9.17) is 17.0 Å². The molecule has 2 aromatic rings. The molecule has 0 radical (unpaired) electrons. The summed E-state index contributed by atoms with van der Waals surface area (Å²) in [6.45, 7) is 4.56. The zero-order chi connectivity index (χ0) is 13.8. The predicted molar refractivity (Wildman–Crippen MR) is 82.6 cm³/mol. The van der Waals surface area contributed by atoms with E-state index in [-0.39, 0.29) is 6.10 Å². The van der Waals surface area contributed by atoms with E-state index >= 15 is 0 Å². The van der Waals surface area contributed by atoms with E-state index in [0.717, 1.165) is 21.6 Å². The molecule has 1 heterocycles. The minimum Gasteiger partial charge on any atom is -0.371 e. The lowest BCUT2D eigenvalue weighted by Gasteiger charge is -2.14. The van der Waals surface area contributed by atoms with Crippen LogP contribution in [0.15, 0.2) is 34.8 Å². The third-order valence-corrected chi connectivity index (χ3v) is 4.08. The van der Waals surface area contributed by atoms with Crippen molar-refractivity contribution in [1.29, 1.82) is 0 Å². The smallest absolute Gasteiger partial charge is 0.144 e. The van der Waals surface area contributed by atoms with Crippen molar-refractivity contribution < 1.29 is 4.74 Å². The van der Waals surface area contributed by atoms with Crippen LogP contribution in [0.2, 0.25) is 0 Å². The number of benzene rings is 1. The Morgan fingerprint density at radius 3 is 2.68 bits per heavy atom. The van der Waals surface area contributed by atoms with E-state index in [2.05, 4.69) is 25.9 Å². The van der Waals surface area contributed by atoms with Crippen molar-refractivity contribution >= 4 is 28.1 Å². The standard InChI is InChI=1S/C14H15BrN2OS/c1-3-18-9(2)13-16-12(11(15)14(19)17-13)10-7-5-4-6-8-10/h4-9H,3H2,1-2H3,(H,16,17,19). The molecule has 0 amide bonds. The van der Waals surface area contributed by atoms with Crippen LogP contribution in [-0.2, 0) is 4.74 Å². The van der Waals surface area contributed by atoms with Crippen LogP contribution in [0.3, 0.4) is 0 Å². The molecule has 0 saturated heterocycles. The number of hydrogen-bond donors (Lipinski definition) is 1. The summed E-state index contributed by atoms with van der Waals surface area (Å²) in [6, 6.07) is 10.0. The lowest BCUT2D eigenvalue weighted by molar-refractivity contribution is 0.0700. The zero-order valence-corrected chi connectivity index (χ0v) is 13.2. The van der Waals surface area contributed by atoms with E-state index in [1.165, 1.54) is 0 Å². The molecule has 0 saturated carbocycles. The fraction of sp³-hybridized carbons (Fsp3) is 0.286. The third-order valence-electron chi connectivity index (χ3n) is 2.75. The second-order valence-corrected chi connectivity index (χ2v) is 5.26. The summed E-state index contributed by atoms with van der Waals surface area (Å²) in [6.07, 6.45) is -0.109. The Morgan fingerprint density at radius 2 is 2.05 bits per heavy atom. The maximum atomic E-state index is 5.56. The Hall–Kier alpha value is -1.04. The molecule has 0 aliphatic heterocycles. The first-order chi connectivity index (χ1) is 9.13. The van der Waals surface area contributed by atoms with Gasteiger partial charge in [0.25, 0.3) is 0 Å². The number of halogens is 1. The van der Waals surface area contributed by atoms with Gasteiger partial charge in [-0.2, -0.15) is 0 Å². The van der Waals surface area contributed by atoms with Crippen molar-refractivity contribution in [3.8, 4) is 11.3 Å². The fourth-order valence-electron chi connectivity index (χ4n) is 1.80. The molecule has 0 aliphatic carbocycles. The fourth-order valence-corrected chi connectivity index (χ4v) is 2.42. The summed E-state index contributed by atoms with van der Waals surface area (Å²) in [4.78, 5) is 7.67. The molecule has 0 bridgehead atoms. The second kappa shape index (κ2) is 6.41. The minimum absolute atomic E-state index is 0.109. The molecule has 0 aliphatic rings. The molecule has 1 atom stereocenters. The molecule has 5 heteroatoms. The van der Waals surface area contributed by atoms with Gasteiger partial charge in [-0.3, -0.25) is 0 Å². The molecule has 1 unspecified atom stereocenters. The summed E-state index contributed by atoms with van der Waals surface area (Å²) < 4.78 is 6.91. The normalized spacial score (nSPS) is 12.4. The molecular weight excluding hydrogens is 324 g/mol. The Kier molecular flexibility index (Phi) is 4.85. The number of nitrogens with zero attached hydrogens (tertiary/aromatic N) is 1. The average Bonchev–Trinajstić information content (AvgIpc) is 2.43. The number of rotatable bonds is 4. The van der Waals surface area contributed by atoms with E-state index in [0.29, 0.717) is 11.2 Å². The molecule has 1 aromatic heterocycles. The lowest BCUT2D eigenvalue weighted by atomic mass is 10.1. The maximum Gasteiger partial charge on any atom is 0.144 e. The predicted octanol–water partition coefficient (Wildman–Crippen LogP) is 4.67. The van der Waals surface area contributed by atoms with Crippen LogP contribution in [0.25, 0.3) is 11.3 Å². The largest absolute Gasteiger partial charge is 0.371 e. The van der Waals surface area contributed by atoms with Gasteiger partial charge in [-0.25, -0.2) is 4.98 Å². The van der Waals surface area contributed by atoms with Crippen molar-refractivity contribution in [3.05, 3.63) is 45.3 Å². The van der Waals surface area contributed by atoms with Crippen molar-refractivity contribution in [1.82, 2.24) is 9.97 Å². The van der Waals surface area contributed by atoms with Crippen LogP contribution < -0.4 is 0 Å². The quantitative estimate of drug-likeness (QED) is 0.823. The molecule has 1 aromatic carbocycles. The van der Waals surface area contributed by atoms with Gasteiger partial charge in [0.15, 0.2) is 0 Å². The van der Waals surface area contributed by atoms with Gasteiger partial charge < -0.3 is 9.72 Å². The van der Waals surface area contributed by atoms with Crippen LogP contribution >= 0.6 is 28.1 Å². The highest BCUT2D eigenvalue weighted by Gasteiger charge is 2.13. The van der Waals surface area contributed by atoms with Crippen LogP contribution in [0.1, 0.15) is 25.8 Å². The minimum atomic E-state index is -0.109. The van der Waals surface area contributed by atoms with Gasteiger partial charge >= 0.3 is 0 Å². The van der Waals surface area contributed by atoms with Gasteiger partial charge in [0.05, 0.1) is 10.2 Å². The Labute approximate surface area is 126 Å². The van der Waals surface area contributed by atoms with Crippen LogP contribution in [0.4, 0.5) is 0 Å². The summed E-state index contributed by atoms with van der Waals surface area (Å²) >= 11 is 8.80. The summed E-state index contributed by atoms with van der Waals surface area (Å²) in [5, 5.41) is 0. The van der Waals surface area contributed by atoms with Gasteiger partial charge in [0, 0.05) is 6.61 Å². The Morgan fingerprint density at radius 1 is 1.37 bits per heavy atom. The monoisotopic (exact) mass is 338 g/mol. The average molecular weight is 339 g/mol. The number of H-pyrrole nitrogens is 1. The third kappa shape index (κ3) is 3.29. The maximum absolute atomic E-state index is 5.56. The molecule has 0 fully saturated rings. The Balaban J connectivity index is 2.52. The SMILES string of the molecule is CCOC(C)c1nc(=S)c(Br)c(-c2ccccc2)[nH]1. The van der Waals surface area contributed by atoms with Crippen molar-refractivity contribution in [2.24, 2.45) is 0 Å². The van der Waals surface area contributed by atoms with Gasteiger partial charge in [-0.05, 0) is 35.3 Å². The number of ether oxygens (including phenoxy) is 1. The second-order valence-electron chi connectivity index (χ2n) is 4.08. The van der Waals surface area contributed by atoms with E-state index in [1.54, 1.807) is 0 Å². The van der Waals surface area contributed by atoms with Crippen LogP contribution in [-0.4, -0.2) is 16.6 Å². The van der Waals surface area contributed by atoms with E-state index in [1.807, 2.05) is 44.2 Å². The summed E-state index contributed by atoms with van der Waals surface area (Å²) in [5.74, 6) is 0.744. The summed E-state index contributed by atoms with van der Waals surface area (Å²) in [7, 11) is 0. The van der Waals surface area contributed by atoms with Gasteiger partial charge in [-0.15, -0.1) is 0 Å². The van der Waals surface area contributed by atoms with E-state index in [9.17, 15) is 0 Å². The first kappa shape index (κ1) is 14.4. The highest BCUT2D eigenvalue weighted by Crippen LogP contribution is 2.28. The van der Waals surface area contributed by atoms with Crippen LogP contribution in [0, 0.1) is 4.64 Å². The van der Waals surface area contributed by atoms with Crippen molar-refractivity contribution in [3.63, 3.8) is 0 Å². The van der Waals surface area contributed by atoms with E-state index < -0.39 is 0 Å². The molecule has 100 valence electrons. The van der Waals surface area contributed by atoms with Crippen LogP contribution in [0.5, 0.6) is 0 Å². The van der Waals surface area contributed by atoms with Crippen molar-refractivity contribution in [2.45, 2.75) is 20.0 Å². The number of aromatic nitrogens is 2. The molecular formula is C14H15BrN2OS. The summed E-state index contributed by atoms with van der Waals surface area (Å²) in [5.41, 5.74) is 2.00. The molecule has 2 rings (SSSR count). The number of nitrogens with one attached hydrogen (secondary N) is 1. The van der Waals surface area contributed by atoms with Crippen molar-refractivity contribution in [2.75, 3.05) is 6.61 Å². The Bertz CT molecular complexity index is 613. The van der Waals surface area contributed by atoms with Gasteiger partial charge in [0.1, 0.15) is 16.6 Å². The number of hydrogen-bond acceptors (Lipinski definition) is 3. The van der Waals surface area contributed by atoms with Gasteiger partial charge in [-0.1, -0.05) is 42.5 Å². The molecule has 0 spiro atoms. The zero-order valence-electron chi connectivity index (χ0n) is 10.8. The molecule has 1 N–H and O–H groups in total. The highest BCUT2D eigenvalue weighted by molar-refractivity contribution is 9.10. The highest BCUT2D eigenvalue weighted by atomic mass is 79.9. The lowest BCUT2D eigenvalue weighted by Crippen LogP contribution is -2.06. The van der Waals surface area contributed by atoms with Gasteiger partial charge in [0.2, 0.25) is 0 Å². The first-order valence-electron chi connectivity index (χ1n) is 6.10. The molecule has 3 nitrogen and oxygen atoms in total. The first-order valence-corrected chi connectivity index (χ1v) is 7.30. The molecule has 19 heavy (non-hydrogen) atoms. The topological polar surface area (TPSA) is 37.9 Å².